The highest BCUT2D eigenvalue weighted by atomic mass is 32.2. The fourth-order valence-electron chi connectivity index (χ4n) is 5.02. The Morgan fingerprint density at radius 3 is 2.12 bits per heavy atom. The molecule has 3 heterocycles. The van der Waals surface area contributed by atoms with E-state index in [-0.39, 0.29) is 23.9 Å². The van der Waals surface area contributed by atoms with E-state index in [2.05, 4.69) is 21.8 Å². The van der Waals surface area contributed by atoms with Crippen LogP contribution in [-0.2, 0) is 18.2 Å². The van der Waals surface area contributed by atoms with Gasteiger partial charge in [-0.1, -0.05) is 6.92 Å². The molecule has 2 atom stereocenters. The Morgan fingerprint density at radius 2 is 1.58 bits per heavy atom. The number of rotatable bonds is 6. The average Bonchev–Trinajstić information content (AvgIpc) is 3.11. The van der Waals surface area contributed by atoms with Gasteiger partial charge in [0.15, 0.2) is 22.3 Å². The molecule has 0 saturated carbocycles. The quantitative estimate of drug-likeness (QED) is 0.360. The minimum absolute atomic E-state index is 0.225. The number of ether oxygens (including phenoxy) is 1. The predicted molar refractivity (Wildman–Crippen MR) is 129 cm³/mol. The summed E-state index contributed by atoms with van der Waals surface area (Å²) in [6, 6.07) is 10.9. The molecule has 0 radical (unpaired) electrons. The van der Waals surface area contributed by atoms with Crippen LogP contribution in [0.1, 0.15) is 38.2 Å². The van der Waals surface area contributed by atoms with E-state index in [1.54, 1.807) is 0 Å². The monoisotopic (exact) mass is 468 g/mol. The van der Waals surface area contributed by atoms with Crippen molar-refractivity contribution in [3.05, 3.63) is 66.0 Å². The Morgan fingerprint density at radius 1 is 0.970 bits per heavy atom. The molecule has 2 unspecified atom stereocenters. The first-order valence-electron chi connectivity index (χ1n) is 11.5. The number of piperidine rings is 1. The highest BCUT2D eigenvalue weighted by Gasteiger charge is 2.43. The predicted octanol–water partition coefficient (Wildman–Crippen LogP) is 5.37. The van der Waals surface area contributed by atoms with E-state index in [1.165, 1.54) is 12.1 Å². The van der Waals surface area contributed by atoms with Gasteiger partial charge in [0.05, 0.1) is 0 Å². The maximum Gasteiger partial charge on any atom is 0.225 e. The maximum atomic E-state index is 14.9. The van der Waals surface area contributed by atoms with E-state index in [9.17, 15) is 8.78 Å². The molecule has 2 bridgehead atoms. The van der Waals surface area contributed by atoms with E-state index >= 15 is 0 Å². The topological polar surface area (TPSA) is 38.2 Å². The number of thiol groups is 1. The lowest BCUT2D eigenvalue weighted by atomic mass is 9.99. The van der Waals surface area contributed by atoms with Crippen LogP contribution < -0.4 is 9.64 Å². The second-order valence-corrected chi connectivity index (χ2v) is 9.75. The van der Waals surface area contributed by atoms with Crippen molar-refractivity contribution in [1.82, 2.24) is 9.97 Å². The Bertz CT molecular complexity index is 1090. The van der Waals surface area contributed by atoms with Crippen molar-refractivity contribution in [3.8, 4) is 16.9 Å². The minimum Gasteiger partial charge on any atom is -0.484 e. The number of nitrogens with zero attached hydrogens (tertiary/aromatic N) is 3. The van der Waals surface area contributed by atoms with Gasteiger partial charge in [-0.3, -0.25) is 0 Å². The summed E-state index contributed by atoms with van der Waals surface area (Å²) in [7, 11) is 0. The Hall–Kier alpha value is -2.67. The van der Waals surface area contributed by atoms with Gasteiger partial charge in [0.25, 0.3) is 0 Å². The lowest BCUT2D eigenvalue weighted by molar-refractivity contribution is 0.137. The minimum atomic E-state index is -0.657. The zero-order valence-corrected chi connectivity index (χ0v) is 19.7. The van der Waals surface area contributed by atoms with Gasteiger partial charge in [0, 0.05) is 49.1 Å². The number of aromatic nitrogens is 2. The van der Waals surface area contributed by atoms with E-state index in [4.69, 9.17) is 4.74 Å². The molecule has 0 aliphatic carbocycles. The van der Waals surface area contributed by atoms with Crippen LogP contribution in [0.5, 0.6) is 5.75 Å². The fraction of sp³-hybridized carbons (Fsp3) is 0.385. The van der Waals surface area contributed by atoms with Gasteiger partial charge in [-0.15, -0.1) is 0 Å². The molecule has 2 fully saturated rings. The van der Waals surface area contributed by atoms with Gasteiger partial charge in [0.1, 0.15) is 12.4 Å². The lowest BCUT2D eigenvalue weighted by Crippen LogP contribution is -2.47. The highest BCUT2D eigenvalue weighted by molar-refractivity contribution is 7.77. The zero-order valence-electron chi connectivity index (χ0n) is 18.8. The van der Waals surface area contributed by atoms with Crippen molar-refractivity contribution in [2.45, 2.75) is 62.1 Å². The molecule has 1 aromatic heterocycles. The van der Waals surface area contributed by atoms with Gasteiger partial charge >= 0.3 is 0 Å². The van der Waals surface area contributed by atoms with Crippen LogP contribution >= 0.6 is 0 Å². The van der Waals surface area contributed by atoms with E-state index in [1.807, 2.05) is 42.9 Å². The van der Waals surface area contributed by atoms with Crippen LogP contribution in [0.4, 0.5) is 14.7 Å². The summed E-state index contributed by atoms with van der Waals surface area (Å²) in [6.07, 6.45) is 9.92. The molecule has 4 nitrogen and oxygen atoms in total. The third-order valence-corrected chi connectivity index (χ3v) is 7.58. The van der Waals surface area contributed by atoms with Crippen LogP contribution in [0.2, 0.25) is 0 Å². The van der Waals surface area contributed by atoms with E-state index in [0.29, 0.717) is 18.4 Å². The van der Waals surface area contributed by atoms with Gasteiger partial charge in [-0.05, 0) is 72.4 Å². The molecule has 172 valence electrons. The molecule has 7 heteroatoms. The number of hydrogen-bond acceptors (Lipinski definition) is 4. The van der Waals surface area contributed by atoms with E-state index in [0.717, 1.165) is 53.0 Å². The van der Waals surface area contributed by atoms with Gasteiger partial charge in [-0.25, -0.2) is 18.7 Å². The Kier molecular flexibility index (Phi) is 6.23. The first-order chi connectivity index (χ1) is 16.1. The number of anilines is 1. The van der Waals surface area contributed by atoms with Crippen LogP contribution in [0, 0.1) is 11.6 Å². The van der Waals surface area contributed by atoms with Crippen molar-refractivity contribution in [1.29, 1.82) is 0 Å². The first-order valence-corrected chi connectivity index (χ1v) is 12.8. The van der Waals surface area contributed by atoms with Gasteiger partial charge in [0.2, 0.25) is 5.95 Å². The molecule has 0 spiro atoms. The largest absolute Gasteiger partial charge is 0.484 e. The summed E-state index contributed by atoms with van der Waals surface area (Å²) in [4.78, 5) is 12.5. The molecule has 5 rings (SSSR count). The third kappa shape index (κ3) is 4.43. The molecule has 2 aliphatic rings. The summed E-state index contributed by atoms with van der Waals surface area (Å²) >= 11 is 1.16. The Balaban J connectivity index is 1.31. The molecule has 2 aromatic carbocycles. The van der Waals surface area contributed by atoms with Crippen LogP contribution in [0.25, 0.3) is 11.1 Å². The smallest absolute Gasteiger partial charge is 0.225 e. The molecule has 2 saturated heterocycles. The molecular weight excluding hydrogens is 440 g/mol. The van der Waals surface area contributed by atoms with Crippen molar-refractivity contribution in [2.75, 3.05) is 11.2 Å². The molecule has 33 heavy (non-hydrogen) atoms. The van der Waals surface area contributed by atoms with Crippen LogP contribution in [0.3, 0.4) is 0 Å². The summed E-state index contributed by atoms with van der Waals surface area (Å²) in [5, 5.41) is 0. The fourth-order valence-corrected chi connectivity index (χ4v) is 5.47. The summed E-state index contributed by atoms with van der Waals surface area (Å²) in [5.41, 5.74) is 2.41. The third-order valence-electron chi connectivity index (χ3n) is 6.76. The molecule has 0 amide bonds. The van der Waals surface area contributed by atoms with E-state index < -0.39 is 11.6 Å². The van der Waals surface area contributed by atoms with Crippen molar-refractivity contribution >= 4 is 17.7 Å². The first kappa shape index (κ1) is 22.1. The van der Waals surface area contributed by atoms with Crippen LogP contribution in [-0.4, -0.2) is 34.4 Å². The number of benzene rings is 2. The molecule has 2 aliphatic heterocycles. The van der Waals surface area contributed by atoms with Gasteiger partial charge in [-0.2, -0.15) is 0 Å². The Labute approximate surface area is 197 Å². The van der Waals surface area contributed by atoms with Crippen molar-refractivity contribution in [3.63, 3.8) is 0 Å². The van der Waals surface area contributed by atoms with Crippen molar-refractivity contribution in [2.24, 2.45) is 0 Å². The zero-order chi connectivity index (χ0) is 22.9. The second-order valence-electron chi connectivity index (χ2n) is 8.79. The summed E-state index contributed by atoms with van der Waals surface area (Å²) in [5.74, 6) is -0.843. The lowest BCUT2D eigenvalue weighted by Gasteiger charge is -2.38. The number of aryl methyl sites for hydroxylation is 1. The SMILES string of the molecule is CCc1cnc(N2C3CCC2CC(Oc2c(F)cc(-c4ccc([SH+]C)cc4)cc2F)C3)nc1. The number of halogens is 2. The number of fused-ring (bicyclic) bond motifs is 2. The summed E-state index contributed by atoms with van der Waals surface area (Å²) < 4.78 is 35.8. The van der Waals surface area contributed by atoms with Gasteiger partial charge < -0.3 is 9.64 Å². The molecule has 3 aromatic rings. The second kappa shape index (κ2) is 9.29. The number of hydrogen-bond donors (Lipinski definition) is 0. The molecular formula is C26H28F2N3OS+. The normalized spacial score (nSPS) is 21.9. The highest BCUT2D eigenvalue weighted by Crippen LogP contribution is 2.40. The van der Waals surface area contributed by atoms with Crippen molar-refractivity contribution < 1.29 is 13.5 Å². The van der Waals surface area contributed by atoms with Crippen LogP contribution in [0.15, 0.2) is 53.7 Å². The summed E-state index contributed by atoms with van der Waals surface area (Å²) in [6.45, 7) is 2.08. The molecule has 0 N–H and O–H groups in total. The maximum absolute atomic E-state index is 14.9. The average molecular weight is 469 g/mol. The standard InChI is InChI=1S/C26H27F2N3OS/c1-3-16-14-29-26(30-15-16)31-19-6-7-20(31)13-21(12-19)32-25-23(27)10-18(11-24(25)28)17-4-8-22(33-2)9-5-17/h4-5,8-11,14-15,19-21H,3,6-7,12-13H2,1-2H3/p+1.